The molecule has 4 rings (SSSR count). The number of aromatic nitrogens is 1. The Morgan fingerprint density at radius 3 is 2.64 bits per heavy atom. The number of benzene rings is 2. The molecule has 22 heavy (non-hydrogen) atoms. The number of rotatable bonds is 2. The SMILES string of the molecule is CC1=Cc2ccccc2N(c2nc(-c3ccccc3)cs2)C1. The molecular formula is C19H16N2S. The molecule has 0 unspecified atom stereocenters. The Balaban J connectivity index is 1.74. The van der Waals surface area contributed by atoms with Crippen LogP contribution in [0.3, 0.4) is 0 Å². The third-order valence-corrected chi connectivity index (χ3v) is 4.69. The summed E-state index contributed by atoms with van der Waals surface area (Å²) in [4.78, 5) is 7.16. The van der Waals surface area contributed by atoms with Gasteiger partial charge >= 0.3 is 0 Å². The Labute approximate surface area is 134 Å². The summed E-state index contributed by atoms with van der Waals surface area (Å²) in [6.45, 7) is 3.08. The van der Waals surface area contributed by atoms with Crippen LogP contribution in [0, 0.1) is 0 Å². The normalized spacial score (nSPS) is 13.7. The molecule has 2 nitrogen and oxygen atoms in total. The number of nitrogens with zero attached hydrogens (tertiary/aromatic N) is 2. The van der Waals surface area contributed by atoms with Crippen molar-refractivity contribution in [2.75, 3.05) is 11.4 Å². The lowest BCUT2D eigenvalue weighted by molar-refractivity contribution is 1.01. The smallest absolute Gasteiger partial charge is 0.190 e. The molecule has 0 fully saturated rings. The maximum Gasteiger partial charge on any atom is 0.190 e. The van der Waals surface area contributed by atoms with Crippen LogP contribution in [0.1, 0.15) is 12.5 Å². The van der Waals surface area contributed by atoms with Crippen molar-refractivity contribution in [2.24, 2.45) is 0 Å². The molecule has 3 aromatic rings. The van der Waals surface area contributed by atoms with Crippen LogP contribution in [0.2, 0.25) is 0 Å². The highest BCUT2D eigenvalue weighted by Gasteiger charge is 2.20. The fourth-order valence-electron chi connectivity index (χ4n) is 2.80. The Kier molecular flexibility index (Phi) is 3.28. The number of thiazole rings is 1. The lowest BCUT2D eigenvalue weighted by atomic mass is 10.0. The minimum absolute atomic E-state index is 0.902. The highest BCUT2D eigenvalue weighted by molar-refractivity contribution is 7.14. The van der Waals surface area contributed by atoms with Crippen LogP contribution in [0.25, 0.3) is 17.3 Å². The van der Waals surface area contributed by atoms with Crippen LogP contribution in [0.5, 0.6) is 0 Å². The predicted molar refractivity (Wildman–Crippen MR) is 94.6 cm³/mol. The zero-order chi connectivity index (χ0) is 14.9. The second-order valence-corrected chi connectivity index (χ2v) is 6.35. The molecule has 1 aliphatic rings. The van der Waals surface area contributed by atoms with Gasteiger partial charge in [0.25, 0.3) is 0 Å². The van der Waals surface area contributed by atoms with Gasteiger partial charge < -0.3 is 4.90 Å². The summed E-state index contributed by atoms with van der Waals surface area (Å²) < 4.78 is 0. The van der Waals surface area contributed by atoms with Crippen molar-refractivity contribution in [1.82, 2.24) is 4.98 Å². The third kappa shape index (κ3) is 2.34. The van der Waals surface area contributed by atoms with Gasteiger partial charge in [-0.25, -0.2) is 4.98 Å². The molecule has 0 amide bonds. The summed E-state index contributed by atoms with van der Waals surface area (Å²) in [5.41, 5.74) is 6.08. The van der Waals surface area contributed by atoms with Gasteiger partial charge in [0.1, 0.15) is 0 Å². The van der Waals surface area contributed by atoms with E-state index in [2.05, 4.69) is 71.8 Å². The minimum atomic E-state index is 0.902. The molecule has 0 aliphatic carbocycles. The van der Waals surface area contributed by atoms with Crippen LogP contribution in [-0.2, 0) is 0 Å². The van der Waals surface area contributed by atoms with Gasteiger partial charge in [0.05, 0.1) is 11.4 Å². The average Bonchev–Trinajstić information content (AvgIpc) is 3.05. The van der Waals surface area contributed by atoms with Gasteiger partial charge in [-0.2, -0.15) is 0 Å². The summed E-state index contributed by atoms with van der Waals surface area (Å²) >= 11 is 1.70. The van der Waals surface area contributed by atoms with Crippen LogP contribution in [0.15, 0.2) is 65.6 Å². The molecular weight excluding hydrogens is 288 g/mol. The first kappa shape index (κ1) is 13.3. The molecule has 108 valence electrons. The van der Waals surface area contributed by atoms with Crippen molar-refractivity contribution in [3.63, 3.8) is 0 Å². The number of hydrogen-bond donors (Lipinski definition) is 0. The Morgan fingerprint density at radius 2 is 1.77 bits per heavy atom. The first-order chi connectivity index (χ1) is 10.8. The second kappa shape index (κ2) is 5.43. The Hall–Kier alpha value is -2.39. The fourth-order valence-corrected chi connectivity index (χ4v) is 3.65. The minimum Gasteiger partial charge on any atom is -0.313 e. The van der Waals surface area contributed by atoms with E-state index in [0.717, 1.165) is 17.4 Å². The lowest BCUT2D eigenvalue weighted by Crippen LogP contribution is -2.22. The second-order valence-electron chi connectivity index (χ2n) is 5.52. The van der Waals surface area contributed by atoms with E-state index in [-0.39, 0.29) is 0 Å². The van der Waals surface area contributed by atoms with Gasteiger partial charge in [0.2, 0.25) is 0 Å². The average molecular weight is 304 g/mol. The zero-order valence-electron chi connectivity index (χ0n) is 12.4. The molecule has 3 heteroatoms. The summed E-state index contributed by atoms with van der Waals surface area (Å²) in [5, 5.41) is 3.19. The third-order valence-electron chi connectivity index (χ3n) is 3.83. The van der Waals surface area contributed by atoms with E-state index in [1.54, 1.807) is 11.3 Å². The van der Waals surface area contributed by atoms with Crippen LogP contribution in [-0.4, -0.2) is 11.5 Å². The van der Waals surface area contributed by atoms with E-state index in [0.29, 0.717) is 0 Å². The van der Waals surface area contributed by atoms with Gasteiger partial charge in [0, 0.05) is 17.5 Å². The van der Waals surface area contributed by atoms with E-state index in [4.69, 9.17) is 4.98 Å². The standard InChI is InChI=1S/C19H16N2S/c1-14-11-16-9-5-6-10-18(16)21(12-14)19-20-17(13-22-19)15-7-3-2-4-8-15/h2-11,13H,12H2,1H3. The molecule has 1 aromatic heterocycles. The summed E-state index contributed by atoms with van der Waals surface area (Å²) in [6.07, 6.45) is 2.26. The lowest BCUT2D eigenvalue weighted by Gasteiger charge is -2.28. The summed E-state index contributed by atoms with van der Waals surface area (Å²) in [6, 6.07) is 18.9. The largest absolute Gasteiger partial charge is 0.313 e. The monoisotopic (exact) mass is 304 g/mol. The quantitative estimate of drug-likeness (QED) is 0.633. The first-order valence-corrected chi connectivity index (χ1v) is 8.24. The molecule has 0 bridgehead atoms. The zero-order valence-corrected chi connectivity index (χ0v) is 13.2. The molecule has 0 atom stereocenters. The van der Waals surface area contributed by atoms with Crippen molar-refractivity contribution in [3.05, 3.63) is 71.1 Å². The number of para-hydroxylation sites is 1. The van der Waals surface area contributed by atoms with Crippen molar-refractivity contribution >= 4 is 28.2 Å². The molecule has 0 saturated carbocycles. The van der Waals surface area contributed by atoms with E-state index in [9.17, 15) is 0 Å². The first-order valence-electron chi connectivity index (χ1n) is 7.36. The molecule has 0 radical (unpaired) electrons. The molecule has 0 saturated heterocycles. The predicted octanol–water partition coefficient (Wildman–Crippen LogP) is 5.37. The molecule has 0 spiro atoms. The van der Waals surface area contributed by atoms with Crippen molar-refractivity contribution in [2.45, 2.75) is 6.92 Å². The van der Waals surface area contributed by atoms with E-state index in [1.807, 2.05) is 6.07 Å². The topological polar surface area (TPSA) is 16.1 Å². The fraction of sp³-hybridized carbons (Fsp3) is 0.105. The van der Waals surface area contributed by atoms with Gasteiger partial charge in [-0.15, -0.1) is 11.3 Å². The van der Waals surface area contributed by atoms with Crippen molar-refractivity contribution < 1.29 is 0 Å². The van der Waals surface area contributed by atoms with Gasteiger partial charge in [0.15, 0.2) is 5.13 Å². The van der Waals surface area contributed by atoms with Crippen molar-refractivity contribution in [3.8, 4) is 11.3 Å². The van der Waals surface area contributed by atoms with Crippen molar-refractivity contribution in [1.29, 1.82) is 0 Å². The van der Waals surface area contributed by atoms with Crippen LogP contribution in [0.4, 0.5) is 10.8 Å². The van der Waals surface area contributed by atoms with Crippen LogP contribution >= 0.6 is 11.3 Å². The maximum absolute atomic E-state index is 4.85. The molecule has 2 heterocycles. The molecule has 2 aromatic carbocycles. The maximum atomic E-state index is 4.85. The van der Waals surface area contributed by atoms with Gasteiger partial charge in [-0.05, 0) is 18.6 Å². The van der Waals surface area contributed by atoms with E-state index < -0.39 is 0 Å². The van der Waals surface area contributed by atoms with Gasteiger partial charge in [-0.1, -0.05) is 60.2 Å². The molecule has 1 aliphatic heterocycles. The van der Waals surface area contributed by atoms with Gasteiger partial charge in [-0.3, -0.25) is 0 Å². The molecule has 0 N–H and O–H groups in total. The Bertz CT molecular complexity index is 833. The highest BCUT2D eigenvalue weighted by atomic mass is 32.1. The Morgan fingerprint density at radius 1 is 1.00 bits per heavy atom. The highest BCUT2D eigenvalue weighted by Crippen LogP contribution is 2.37. The van der Waals surface area contributed by atoms with E-state index >= 15 is 0 Å². The number of hydrogen-bond acceptors (Lipinski definition) is 3. The number of fused-ring (bicyclic) bond motifs is 1. The number of anilines is 2. The van der Waals surface area contributed by atoms with Crippen LogP contribution < -0.4 is 4.90 Å². The summed E-state index contributed by atoms with van der Waals surface area (Å²) in [5.74, 6) is 0. The van der Waals surface area contributed by atoms with E-state index in [1.165, 1.54) is 22.4 Å². The summed E-state index contributed by atoms with van der Waals surface area (Å²) in [7, 11) is 0.